The Labute approximate surface area is 168 Å². The van der Waals surface area contributed by atoms with Crippen molar-refractivity contribution in [1.82, 2.24) is 5.32 Å². The first-order valence-electron chi connectivity index (χ1n) is 8.00. The van der Waals surface area contributed by atoms with Crippen molar-refractivity contribution in [2.75, 3.05) is 11.5 Å². The van der Waals surface area contributed by atoms with Gasteiger partial charge in [-0.1, -0.05) is 27.5 Å². The molecule has 1 heterocycles. The molecule has 0 spiro atoms. The summed E-state index contributed by atoms with van der Waals surface area (Å²) in [5.74, 6) is -1.03. The second-order valence-corrected chi connectivity index (χ2v) is 6.90. The molecule has 1 aliphatic heterocycles. The van der Waals surface area contributed by atoms with Crippen LogP contribution < -0.4 is 15.0 Å². The molecule has 1 aliphatic rings. The molecule has 1 saturated heterocycles. The molecular weight excluding hydrogens is 436 g/mol. The van der Waals surface area contributed by atoms with Gasteiger partial charge in [0, 0.05) is 15.1 Å². The zero-order chi connectivity index (χ0) is 19.6. The van der Waals surface area contributed by atoms with Crippen molar-refractivity contribution in [3.05, 3.63) is 63.1 Å². The fraction of sp³-hybridized carbons (Fsp3) is 0.105. The van der Waals surface area contributed by atoms with Gasteiger partial charge in [-0.25, -0.2) is 9.69 Å². The molecule has 0 aliphatic carbocycles. The van der Waals surface area contributed by atoms with Gasteiger partial charge in [0.1, 0.15) is 11.3 Å². The highest BCUT2D eigenvalue weighted by atomic mass is 79.9. The molecule has 1 fully saturated rings. The first-order valence-corrected chi connectivity index (χ1v) is 9.17. The minimum atomic E-state index is -0.805. The molecule has 0 radical (unpaired) electrons. The van der Waals surface area contributed by atoms with Crippen molar-refractivity contribution in [3.63, 3.8) is 0 Å². The molecular formula is C19H14BrClN2O4. The molecule has 0 bridgehead atoms. The van der Waals surface area contributed by atoms with Crippen LogP contribution in [0.2, 0.25) is 5.02 Å². The number of urea groups is 1. The molecule has 27 heavy (non-hydrogen) atoms. The number of anilines is 1. The number of halogens is 2. The van der Waals surface area contributed by atoms with Gasteiger partial charge >= 0.3 is 6.03 Å². The second kappa shape index (κ2) is 7.94. The fourth-order valence-corrected chi connectivity index (χ4v) is 3.00. The first-order chi connectivity index (χ1) is 12.9. The molecule has 0 unspecified atom stereocenters. The maximum Gasteiger partial charge on any atom is 0.335 e. The van der Waals surface area contributed by atoms with E-state index < -0.39 is 17.8 Å². The number of nitrogens with one attached hydrogen (secondary N) is 1. The number of ether oxygens (including phenoxy) is 1. The maximum atomic E-state index is 12.9. The number of hydrogen-bond donors (Lipinski definition) is 1. The van der Waals surface area contributed by atoms with Crippen LogP contribution in [0.3, 0.4) is 0 Å². The highest BCUT2D eigenvalue weighted by Crippen LogP contribution is 2.28. The summed E-state index contributed by atoms with van der Waals surface area (Å²) in [5.41, 5.74) is 0.615. The van der Waals surface area contributed by atoms with Gasteiger partial charge in [0.2, 0.25) is 0 Å². The quantitative estimate of drug-likeness (QED) is 0.561. The Morgan fingerprint density at radius 1 is 1.15 bits per heavy atom. The van der Waals surface area contributed by atoms with Crippen LogP contribution in [0.4, 0.5) is 10.5 Å². The van der Waals surface area contributed by atoms with E-state index in [2.05, 4.69) is 21.2 Å². The Bertz CT molecular complexity index is 957. The SMILES string of the molecule is CCOc1ccc(Cl)cc1/C=C1\C(=O)NC(=O)N(c2ccc(Br)cc2)C1=O. The van der Waals surface area contributed by atoms with Crippen LogP contribution in [0.5, 0.6) is 5.75 Å². The zero-order valence-electron chi connectivity index (χ0n) is 14.2. The minimum Gasteiger partial charge on any atom is -0.493 e. The van der Waals surface area contributed by atoms with Crippen molar-refractivity contribution < 1.29 is 19.1 Å². The fourth-order valence-electron chi connectivity index (χ4n) is 2.56. The molecule has 8 heteroatoms. The van der Waals surface area contributed by atoms with Crippen LogP contribution >= 0.6 is 27.5 Å². The molecule has 0 saturated carbocycles. The Hall–Kier alpha value is -2.64. The van der Waals surface area contributed by atoms with Crippen LogP contribution in [-0.2, 0) is 9.59 Å². The molecule has 2 aromatic rings. The van der Waals surface area contributed by atoms with Crippen LogP contribution in [0.1, 0.15) is 12.5 Å². The lowest BCUT2D eigenvalue weighted by atomic mass is 10.1. The number of amides is 4. The van der Waals surface area contributed by atoms with Gasteiger partial charge in [-0.3, -0.25) is 14.9 Å². The highest BCUT2D eigenvalue weighted by molar-refractivity contribution is 9.10. The lowest BCUT2D eigenvalue weighted by molar-refractivity contribution is -0.122. The minimum absolute atomic E-state index is 0.194. The summed E-state index contributed by atoms with van der Waals surface area (Å²) in [4.78, 5) is 38.3. The number of hydrogen-bond acceptors (Lipinski definition) is 4. The summed E-state index contributed by atoms with van der Waals surface area (Å²) in [6, 6.07) is 10.7. The van der Waals surface area contributed by atoms with E-state index in [4.69, 9.17) is 16.3 Å². The molecule has 3 rings (SSSR count). The monoisotopic (exact) mass is 448 g/mol. The number of carbonyl (C=O) groups is 3. The number of imide groups is 2. The maximum absolute atomic E-state index is 12.9. The normalized spacial score (nSPS) is 15.9. The predicted octanol–water partition coefficient (Wildman–Crippen LogP) is 4.17. The topological polar surface area (TPSA) is 75.7 Å². The summed E-state index contributed by atoms with van der Waals surface area (Å²) in [6.45, 7) is 2.22. The number of rotatable bonds is 4. The van der Waals surface area contributed by atoms with Gasteiger partial charge < -0.3 is 4.74 Å². The van der Waals surface area contributed by atoms with E-state index in [1.165, 1.54) is 6.08 Å². The molecule has 6 nitrogen and oxygen atoms in total. The number of barbiturate groups is 1. The Morgan fingerprint density at radius 2 is 1.85 bits per heavy atom. The smallest absolute Gasteiger partial charge is 0.335 e. The molecule has 4 amide bonds. The Balaban J connectivity index is 2.04. The van der Waals surface area contributed by atoms with Crippen LogP contribution in [0.15, 0.2) is 52.5 Å². The lowest BCUT2D eigenvalue weighted by Crippen LogP contribution is -2.54. The average Bonchev–Trinajstić information content (AvgIpc) is 2.62. The number of benzene rings is 2. The van der Waals surface area contributed by atoms with Gasteiger partial charge in [-0.2, -0.15) is 0 Å². The van der Waals surface area contributed by atoms with Gasteiger partial charge in [0.15, 0.2) is 0 Å². The third kappa shape index (κ3) is 4.04. The third-order valence-electron chi connectivity index (χ3n) is 3.76. The standard InChI is InChI=1S/C19H14BrClN2O4/c1-2-27-16-8-5-13(21)9-11(16)10-15-17(24)22-19(26)23(18(15)25)14-6-3-12(20)4-7-14/h3-10H,2H2,1H3,(H,22,24,26)/b15-10+. The van der Waals surface area contributed by atoms with Crippen molar-refractivity contribution in [2.24, 2.45) is 0 Å². The van der Waals surface area contributed by atoms with E-state index in [9.17, 15) is 14.4 Å². The summed E-state index contributed by atoms with van der Waals surface area (Å²) in [7, 11) is 0. The summed E-state index contributed by atoms with van der Waals surface area (Å²) in [5, 5.41) is 2.61. The molecule has 0 aromatic heterocycles. The van der Waals surface area contributed by atoms with Crippen LogP contribution in [-0.4, -0.2) is 24.5 Å². The van der Waals surface area contributed by atoms with Gasteiger partial charge in [0.05, 0.1) is 12.3 Å². The van der Waals surface area contributed by atoms with E-state index in [-0.39, 0.29) is 5.57 Å². The molecule has 1 N–H and O–H groups in total. The van der Waals surface area contributed by atoms with Gasteiger partial charge in [-0.15, -0.1) is 0 Å². The third-order valence-corrected chi connectivity index (χ3v) is 4.52. The molecule has 2 aromatic carbocycles. The van der Waals surface area contributed by atoms with E-state index in [0.717, 1.165) is 9.37 Å². The zero-order valence-corrected chi connectivity index (χ0v) is 16.5. The first kappa shape index (κ1) is 19.1. The van der Waals surface area contributed by atoms with Crippen molar-refractivity contribution in [3.8, 4) is 5.75 Å². The number of carbonyl (C=O) groups excluding carboxylic acids is 3. The van der Waals surface area contributed by atoms with Crippen molar-refractivity contribution in [1.29, 1.82) is 0 Å². The predicted molar refractivity (Wildman–Crippen MR) is 106 cm³/mol. The second-order valence-electron chi connectivity index (χ2n) is 5.55. The summed E-state index contributed by atoms with van der Waals surface area (Å²) in [6.07, 6.45) is 1.37. The highest BCUT2D eigenvalue weighted by Gasteiger charge is 2.36. The number of nitrogens with zero attached hydrogens (tertiary/aromatic N) is 1. The van der Waals surface area contributed by atoms with Crippen molar-refractivity contribution in [2.45, 2.75) is 6.92 Å². The Kier molecular flexibility index (Phi) is 5.62. The lowest BCUT2D eigenvalue weighted by Gasteiger charge is -2.26. The van der Waals surface area contributed by atoms with Gasteiger partial charge in [0.25, 0.3) is 11.8 Å². The van der Waals surface area contributed by atoms with E-state index in [0.29, 0.717) is 28.6 Å². The van der Waals surface area contributed by atoms with Gasteiger partial charge in [-0.05, 0) is 55.5 Å². The molecule has 0 atom stereocenters. The largest absolute Gasteiger partial charge is 0.493 e. The van der Waals surface area contributed by atoms with E-state index in [1.54, 1.807) is 42.5 Å². The van der Waals surface area contributed by atoms with E-state index in [1.807, 2.05) is 6.92 Å². The average molecular weight is 450 g/mol. The van der Waals surface area contributed by atoms with Crippen molar-refractivity contribution >= 4 is 57.1 Å². The van der Waals surface area contributed by atoms with E-state index >= 15 is 0 Å². The molecule has 138 valence electrons. The summed E-state index contributed by atoms with van der Waals surface area (Å²) >= 11 is 9.33. The summed E-state index contributed by atoms with van der Waals surface area (Å²) < 4.78 is 6.31. The Morgan fingerprint density at radius 3 is 2.52 bits per heavy atom. The van der Waals surface area contributed by atoms with Crippen LogP contribution in [0, 0.1) is 0 Å². The van der Waals surface area contributed by atoms with Crippen LogP contribution in [0.25, 0.3) is 6.08 Å².